The first-order chi connectivity index (χ1) is 13.7. The molecule has 28 heavy (non-hydrogen) atoms. The standard InChI is InChI=1S/C23H18N2O2S/c1-15-14-28-22(24-15)19-11-20(27-13-16-7-3-2-4-8-16)21-18-10-6-5-9-17(18)12-25(21)23(19)26/h2-11,14H,12-13H2,1H3. The van der Waals surface area contributed by atoms with E-state index in [0.29, 0.717) is 18.7 Å². The molecule has 0 radical (unpaired) electrons. The van der Waals surface area contributed by atoms with Gasteiger partial charge >= 0.3 is 0 Å². The molecular weight excluding hydrogens is 368 g/mol. The Morgan fingerprint density at radius 1 is 1.07 bits per heavy atom. The zero-order valence-corrected chi connectivity index (χ0v) is 16.2. The van der Waals surface area contributed by atoms with Crippen LogP contribution < -0.4 is 10.3 Å². The van der Waals surface area contributed by atoms with Crippen LogP contribution >= 0.6 is 11.3 Å². The van der Waals surface area contributed by atoms with E-state index < -0.39 is 0 Å². The van der Waals surface area contributed by atoms with Crippen molar-refractivity contribution in [1.82, 2.24) is 9.55 Å². The molecule has 5 heteroatoms. The molecule has 2 aromatic carbocycles. The topological polar surface area (TPSA) is 44.1 Å². The van der Waals surface area contributed by atoms with Crippen LogP contribution in [0.4, 0.5) is 0 Å². The molecule has 0 atom stereocenters. The van der Waals surface area contributed by atoms with E-state index in [-0.39, 0.29) is 5.56 Å². The van der Waals surface area contributed by atoms with Crippen molar-refractivity contribution in [1.29, 1.82) is 0 Å². The molecular formula is C23H18N2O2S. The van der Waals surface area contributed by atoms with Crippen molar-refractivity contribution in [2.24, 2.45) is 0 Å². The highest BCUT2D eigenvalue weighted by atomic mass is 32.1. The minimum Gasteiger partial charge on any atom is -0.487 e. The fourth-order valence-electron chi connectivity index (χ4n) is 3.61. The number of aromatic nitrogens is 2. The van der Waals surface area contributed by atoms with Gasteiger partial charge in [-0.15, -0.1) is 11.3 Å². The second-order valence-electron chi connectivity index (χ2n) is 6.89. The number of fused-ring (bicyclic) bond motifs is 3. The summed E-state index contributed by atoms with van der Waals surface area (Å²) in [5, 5.41) is 2.70. The lowest BCUT2D eigenvalue weighted by atomic mass is 10.1. The summed E-state index contributed by atoms with van der Waals surface area (Å²) in [5.41, 5.74) is 5.63. The molecule has 0 saturated carbocycles. The second-order valence-corrected chi connectivity index (χ2v) is 7.75. The van der Waals surface area contributed by atoms with Crippen molar-refractivity contribution in [3.8, 4) is 27.6 Å². The molecule has 4 aromatic rings. The van der Waals surface area contributed by atoms with Gasteiger partial charge in [0.1, 0.15) is 17.4 Å². The molecule has 5 rings (SSSR count). The molecule has 0 aliphatic carbocycles. The van der Waals surface area contributed by atoms with E-state index in [0.717, 1.165) is 38.8 Å². The lowest BCUT2D eigenvalue weighted by molar-refractivity contribution is 0.305. The smallest absolute Gasteiger partial charge is 0.261 e. The van der Waals surface area contributed by atoms with Crippen molar-refractivity contribution in [3.63, 3.8) is 0 Å². The Balaban J connectivity index is 1.66. The third-order valence-electron chi connectivity index (χ3n) is 4.94. The van der Waals surface area contributed by atoms with E-state index in [1.165, 1.54) is 11.3 Å². The second kappa shape index (κ2) is 6.77. The first-order valence-electron chi connectivity index (χ1n) is 9.16. The van der Waals surface area contributed by atoms with Crippen LogP contribution in [0.1, 0.15) is 16.8 Å². The van der Waals surface area contributed by atoms with Crippen LogP contribution in [0.15, 0.2) is 70.8 Å². The van der Waals surface area contributed by atoms with Gasteiger partial charge in [-0.05, 0) is 24.1 Å². The molecule has 0 spiro atoms. The minimum atomic E-state index is -0.0207. The summed E-state index contributed by atoms with van der Waals surface area (Å²) in [6.07, 6.45) is 0. The molecule has 0 unspecified atom stereocenters. The highest BCUT2D eigenvalue weighted by Crippen LogP contribution is 2.39. The summed E-state index contributed by atoms with van der Waals surface area (Å²) in [7, 11) is 0. The predicted molar refractivity (Wildman–Crippen MR) is 112 cm³/mol. The normalized spacial score (nSPS) is 11.9. The molecule has 0 amide bonds. The van der Waals surface area contributed by atoms with Crippen LogP contribution in [0.3, 0.4) is 0 Å². The van der Waals surface area contributed by atoms with Crippen molar-refractivity contribution in [3.05, 3.63) is 93.2 Å². The minimum absolute atomic E-state index is 0.0207. The summed E-state index contributed by atoms with van der Waals surface area (Å²) in [4.78, 5) is 17.8. The Kier molecular flexibility index (Phi) is 4.10. The number of rotatable bonds is 4. The summed E-state index contributed by atoms with van der Waals surface area (Å²) in [6, 6.07) is 20.0. The molecule has 1 aliphatic heterocycles. The zero-order chi connectivity index (χ0) is 19.1. The van der Waals surface area contributed by atoms with E-state index in [9.17, 15) is 4.79 Å². The van der Waals surface area contributed by atoms with Gasteiger partial charge in [-0.25, -0.2) is 4.98 Å². The average molecular weight is 386 g/mol. The van der Waals surface area contributed by atoms with Crippen LogP contribution in [0, 0.1) is 6.92 Å². The van der Waals surface area contributed by atoms with Crippen molar-refractivity contribution >= 4 is 11.3 Å². The van der Waals surface area contributed by atoms with Crippen molar-refractivity contribution in [2.45, 2.75) is 20.1 Å². The lowest BCUT2D eigenvalue weighted by Crippen LogP contribution is -2.21. The largest absolute Gasteiger partial charge is 0.487 e. The van der Waals surface area contributed by atoms with Crippen molar-refractivity contribution in [2.75, 3.05) is 0 Å². The third kappa shape index (κ3) is 2.84. The fourth-order valence-corrected chi connectivity index (χ4v) is 4.41. The molecule has 1 aliphatic rings. The van der Waals surface area contributed by atoms with Gasteiger partial charge in [-0.2, -0.15) is 0 Å². The summed E-state index contributed by atoms with van der Waals surface area (Å²) in [5.74, 6) is 0.719. The molecule has 4 nitrogen and oxygen atoms in total. The van der Waals surface area contributed by atoms with E-state index >= 15 is 0 Å². The molecule has 0 bridgehead atoms. The monoisotopic (exact) mass is 386 g/mol. The fraction of sp³-hybridized carbons (Fsp3) is 0.130. The van der Waals surface area contributed by atoms with E-state index in [2.05, 4.69) is 17.1 Å². The Hall–Kier alpha value is -3.18. The van der Waals surface area contributed by atoms with Crippen LogP contribution in [0.2, 0.25) is 0 Å². The number of aryl methyl sites for hydroxylation is 1. The molecule has 2 aromatic heterocycles. The molecule has 0 saturated heterocycles. The Labute approximate surface area is 166 Å². The van der Waals surface area contributed by atoms with Gasteiger partial charge in [0, 0.05) is 16.6 Å². The number of benzene rings is 2. The number of nitrogens with zero attached hydrogens (tertiary/aromatic N) is 2. The predicted octanol–water partition coefficient (Wildman–Crippen LogP) is 4.89. The number of hydrogen-bond acceptors (Lipinski definition) is 4. The summed E-state index contributed by atoms with van der Waals surface area (Å²) < 4.78 is 8.05. The van der Waals surface area contributed by atoms with Crippen LogP contribution in [0.25, 0.3) is 21.8 Å². The van der Waals surface area contributed by atoms with Gasteiger partial charge in [-0.3, -0.25) is 9.36 Å². The third-order valence-corrected chi connectivity index (χ3v) is 5.94. The molecule has 3 heterocycles. The Bertz CT molecular complexity index is 1230. The van der Waals surface area contributed by atoms with Crippen molar-refractivity contribution < 1.29 is 4.74 Å². The van der Waals surface area contributed by atoms with Gasteiger partial charge in [-0.1, -0.05) is 54.6 Å². The lowest BCUT2D eigenvalue weighted by Gasteiger charge is -2.14. The van der Waals surface area contributed by atoms with Crippen LogP contribution in [-0.2, 0) is 13.2 Å². The maximum Gasteiger partial charge on any atom is 0.261 e. The van der Waals surface area contributed by atoms with Gasteiger partial charge in [0.25, 0.3) is 5.56 Å². The van der Waals surface area contributed by atoms with Gasteiger partial charge in [0.05, 0.1) is 17.8 Å². The van der Waals surface area contributed by atoms with E-state index in [1.54, 1.807) is 0 Å². The maximum absolute atomic E-state index is 13.2. The summed E-state index contributed by atoms with van der Waals surface area (Å²) in [6.45, 7) is 2.95. The number of hydrogen-bond donors (Lipinski definition) is 0. The highest BCUT2D eigenvalue weighted by Gasteiger charge is 2.26. The summed E-state index contributed by atoms with van der Waals surface area (Å²) >= 11 is 1.49. The first-order valence-corrected chi connectivity index (χ1v) is 10.0. The van der Waals surface area contributed by atoms with Crippen LogP contribution in [0.5, 0.6) is 5.75 Å². The molecule has 0 N–H and O–H groups in total. The maximum atomic E-state index is 13.2. The SMILES string of the molecule is Cc1csc(-c2cc(OCc3ccccc3)c3n(c2=O)Cc2ccccc2-3)n1. The number of ether oxygens (including phenoxy) is 1. The van der Waals surface area contributed by atoms with E-state index in [4.69, 9.17) is 4.74 Å². The number of thiazole rings is 1. The van der Waals surface area contributed by atoms with E-state index in [1.807, 2.05) is 65.4 Å². The zero-order valence-electron chi connectivity index (χ0n) is 15.4. The first kappa shape index (κ1) is 17.0. The van der Waals surface area contributed by atoms with Gasteiger partial charge in [0.15, 0.2) is 0 Å². The quantitative estimate of drug-likeness (QED) is 0.442. The number of pyridine rings is 1. The van der Waals surface area contributed by atoms with Crippen LogP contribution in [-0.4, -0.2) is 9.55 Å². The Morgan fingerprint density at radius 2 is 1.86 bits per heavy atom. The van der Waals surface area contributed by atoms with Gasteiger partial charge < -0.3 is 4.74 Å². The van der Waals surface area contributed by atoms with Gasteiger partial charge in [0.2, 0.25) is 0 Å². The molecule has 138 valence electrons. The highest BCUT2D eigenvalue weighted by molar-refractivity contribution is 7.13. The average Bonchev–Trinajstić information content (AvgIpc) is 3.33. The molecule has 0 fully saturated rings. The Morgan fingerprint density at radius 3 is 2.64 bits per heavy atom.